The highest BCUT2D eigenvalue weighted by atomic mass is 14.7. The Bertz CT molecular complexity index is 883. The second kappa shape index (κ2) is 6.70. The molecule has 2 aliphatic rings. The molecule has 2 aliphatic carbocycles. The zero-order valence-corrected chi connectivity index (χ0v) is 15.2. The number of hydrogen-bond donors (Lipinski definition) is 1. The van der Waals surface area contributed by atoms with Gasteiger partial charge in [-0.05, 0) is 47.8 Å². The summed E-state index contributed by atoms with van der Waals surface area (Å²) in [6.07, 6.45) is 4.80. The van der Waals surface area contributed by atoms with Crippen LogP contribution in [-0.4, -0.2) is 0 Å². The quantitative estimate of drug-likeness (QED) is 0.861. The van der Waals surface area contributed by atoms with Gasteiger partial charge in [0.15, 0.2) is 5.41 Å². The molecule has 0 amide bonds. The van der Waals surface area contributed by atoms with E-state index < -0.39 is 5.41 Å². The van der Waals surface area contributed by atoms with Crippen molar-refractivity contribution >= 4 is 0 Å². The van der Waals surface area contributed by atoms with E-state index in [2.05, 4.69) is 50.3 Å². The van der Waals surface area contributed by atoms with Crippen molar-refractivity contribution in [3.05, 3.63) is 58.3 Å². The Balaban J connectivity index is 2.25. The lowest BCUT2D eigenvalue weighted by Gasteiger charge is -2.43. The Hall–Kier alpha value is -3.03. The first-order chi connectivity index (χ1) is 12.5. The van der Waals surface area contributed by atoms with Crippen molar-refractivity contribution in [3.8, 4) is 18.2 Å². The smallest absolute Gasteiger partial charge is 0.191 e. The largest absolute Gasteiger partial charge is 0.399 e. The molecule has 0 saturated heterocycles. The first-order valence-corrected chi connectivity index (χ1v) is 9.03. The van der Waals surface area contributed by atoms with Gasteiger partial charge in [-0.3, -0.25) is 0 Å². The summed E-state index contributed by atoms with van der Waals surface area (Å²) in [4.78, 5) is 0. The fourth-order valence-electron chi connectivity index (χ4n) is 4.34. The Kier molecular flexibility index (Phi) is 4.58. The molecule has 2 N–H and O–H groups in total. The second-order valence-corrected chi connectivity index (χ2v) is 7.43. The van der Waals surface area contributed by atoms with E-state index in [9.17, 15) is 15.8 Å². The average molecular weight is 342 g/mol. The third-order valence-electron chi connectivity index (χ3n) is 5.76. The van der Waals surface area contributed by atoms with E-state index in [-0.39, 0.29) is 17.5 Å². The number of nitrogens with two attached hydrogens (primary N) is 1. The van der Waals surface area contributed by atoms with Gasteiger partial charge in [-0.25, -0.2) is 0 Å². The summed E-state index contributed by atoms with van der Waals surface area (Å²) < 4.78 is 0. The molecule has 4 heteroatoms. The van der Waals surface area contributed by atoms with E-state index in [1.165, 1.54) is 5.56 Å². The lowest BCUT2D eigenvalue weighted by Crippen LogP contribution is -2.42. The summed E-state index contributed by atoms with van der Waals surface area (Å²) in [7, 11) is 0. The lowest BCUT2D eigenvalue weighted by molar-refractivity contribution is 0.317. The van der Waals surface area contributed by atoms with Crippen LogP contribution in [0, 0.1) is 45.3 Å². The minimum Gasteiger partial charge on any atom is -0.399 e. The molecule has 1 aromatic rings. The Morgan fingerprint density at radius 2 is 1.77 bits per heavy atom. The van der Waals surface area contributed by atoms with E-state index in [1.807, 2.05) is 12.1 Å². The van der Waals surface area contributed by atoms with E-state index in [4.69, 9.17) is 5.73 Å². The van der Waals surface area contributed by atoms with Gasteiger partial charge in [-0.2, -0.15) is 15.8 Å². The number of benzene rings is 1. The number of fused-ring (bicyclic) bond motifs is 1. The van der Waals surface area contributed by atoms with Crippen molar-refractivity contribution in [2.45, 2.75) is 44.9 Å². The van der Waals surface area contributed by atoms with Gasteiger partial charge < -0.3 is 5.73 Å². The maximum absolute atomic E-state index is 9.97. The van der Waals surface area contributed by atoms with Gasteiger partial charge in [0.05, 0.1) is 23.4 Å². The third kappa shape index (κ3) is 2.49. The highest BCUT2D eigenvalue weighted by molar-refractivity contribution is 5.59. The van der Waals surface area contributed by atoms with Gasteiger partial charge >= 0.3 is 0 Å². The minimum atomic E-state index is -1.51. The van der Waals surface area contributed by atoms with Gasteiger partial charge in [0.25, 0.3) is 0 Å². The van der Waals surface area contributed by atoms with E-state index >= 15 is 0 Å². The fourth-order valence-corrected chi connectivity index (χ4v) is 4.34. The van der Waals surface area contributed by atoms with Crippen molar-refractivity contribution in [1.29, 1.82) is 15.8 Å². The van der Waals surface area contributed by atoms with Crippen LogP contribution in [0.3, 0.4) is 0 Å². The summed E-state index contributed by atoms with van der Waals surface area (Å²) in [5, 5.41) is 29.6. The molecule has 3 rings (SSSR count). The standard InChI is InChI=1S/C22H22N4/c1-14(2)15-7-9-16(10-8-15)20-18-6-4-3-5-17(18)19(11-23)21(26)22(20,12-24)13-25/h5,7-10,14,18,20H,3-4,6,26H2,1-2H3. The number of allylic oxidation sites excluding steroid dienone is 4. The van der Waals surface area contributed by atoms with Crippen LogP contribution >= 0.6 is 0 Å². The van der Waals surface area contributed by atoms with Crippen LogP contribution < -0.4 is 5.73 Å². The maximum atomic E-state index is 9.97. The number of nitrogens with zero attached hydrogens (tertiary/aromatic N) is 3. The van der Waals surface area contributed by atoms with Crippen LogP contribution in [-0.2, 0) is 0 Å². The third-order valence-corrected chi connectivity index (χ3v) is 5.76. The van der Waals surface area contributed by atoms with Gasteiger partial charge in [-0.15, -0.1) is 0 Å². The van der Waals surface area contributed by atoms with Crippen LogP contribution in [0.25, 0.3) is 0 Å². The first-order valence-electron chi connectivity index (χ1n) is 9.03. The van der Waals surface area contributed by atoms with Crippen molar-refractivity contribution in [2.75, 3.05) is 0 Å². The zero-order chi connectivity index (χ0) is 18.9. The molecule has 0 heterocycles. The molecule has 2 unspecified atom stereocenters. The molecule has 26 heavy (non-hydrogen) atoms. The van der Waals surface area contributed by atoms with Crippen LogP contribution in [0.2, 0.25) is 0 Å². The molecule has 2 atom stereocenters. The van der Waals surface area contributed by atoms with E-state index in [0.29, 0.717) is 11.5 Å². The number of rotatable bonds is 2. The minimum absolute atomic E-state index is 0.0325. The van der Waals surface area contributed by atoms with Crippen molar-refractivity contribution in [1.82, 2.24) is 0 Å². The molecular formula is C22H22N4. The van der Waals surface area contributed by atoms with Crippen LogP contribution in [0.15, 0.2) is 47.2 Å². The van der Waals surface area contributed by atoms with Crippen LogP contribution in [0.4, 0.5) is 0 Å². The predicted octanol–water partition coefficient (Wildman–Crippen LogP) is 4.40. The summed E-state index contributed by atoms with van der Waals surface area (Å²) in [6.45, 7) is 4.26. The zero-order valence-electron chi connectivity index (χ0n) is 15.2. The summed E-state index contributed by atoms with van der Waals surface area (Å²) in [5.41, 5.74) is 8.26. The molecule has 0 radical (unpaired) electrons. The highest BCUT2D eigenvalue weighted by Gasteiger charge is 2.53. The van der Waals surface area contributed by atoms with Crippen molar-refractivity contribution in [2.24, 2.45) is 17.1 Å². The topological polar surface area (TPSA) is 97.4 Å². The van der Waals surface area contributed by atoms with Crippen molar-refractivity contribution in [3.63, 3.8) is 0 Å². The first kappa shape index (κ1) is 17.8. The fraction of sp³-hybridized carbons (Fsp3) is 0.409. The molecule has 0 fully saturated rings. The van der Waals surface area contributed by atoms with Gasteiger partial charge in [0.2, 0.25) is 0 Å². The summed E-state index contributed by atoms with van der Waals surface area (Å²) in [6, 6.07) is 14.7. The normalized spacial score (nSPS) is 24.1. The predicted molar refractivity (Wildman–Crippen MR) is 99.2 cm³/mol. The van der Waals surface area contributed by atoms with Crippen molar-refractivity contribution < 1.29 is 0 Å². The van der Waals surface area contributed by atoms with Crippen LogP contribution in [0.5, 0.6) is 0 Å². The highest BCUT2D eigenvalue weighted by Crippen LogP contribution is 2.55. The number of hydrogen-bond acceptors (Lipinski definition) is 4. The van der Waals surface area contributed by atoms with Gasteiger partial charge in [-0.1, -0.05) is 44.2 Å². The molecule has 0 bridgehead atoms. The average Bonchev–Trinajstić information content (AvgIpc) is 2.67. The van der Waals surface area contributed by atoms with Gasteiger partial charge in [0, 0.05) is 5.92 Å². The molecule has 1 aromatic carbocycles. The Morgan fingerprint density at radius 1 is 1.12 bits per heavy atom. The second-order valence-electron chi connectivity index (χ2n) is 7.43. The van der Waals surface area contributed by atoms with E-state index in [1.54, 1.807) is 0 Å². The lowest BCUT2D eigenvalue weighted by atomic mass is 9.56. The SMILES string of the molecule is CC(C)c1ccc(C2C3CCCC=C3C(C#N)=C(N)C2(C#N)C#N)cc1. The Morgan fingerprint density at radius 3 is 2.31 bits per heavy atom. The molecule has 0 aromatic heterocycles. The van der Waals surface area contributed by atoms with Crippen LogP contribution in [0.1, 0.15) is 56.1 Å². The molecule has 4 nitrogen and oxygen atoms in total. The summed E-state index contributed by atoms with van der Waals surface area (Å²) in [5.74, 6) is 0.0182. The molecule has 0 spiro atoms. The molecule has 0 aliphatic heterocycles. The molecule has 0 saturated carbocycles. The molecular weight excluding hydrogens is 320 g/mol. The molecule has 130 valence electrons. The summed E-state index contributed by atoms with van der Waals surface area (Å²) >= 11 is 0. The monoisotopic (exact) mass is 342 g/mol. The van der Waals surface area contributed by atoms with Gasteiger partial charge in [0.1, 0.15) is 6.07 Å². The number of nitriles is 3. The maximum Gasteiger partial charge on any atom is 0.191 e. The van der Waals surface area contributed by atoms with E-state index in [0.717, 1.165) is 30.4 Å². The Labute approximate surface area is 154 Å².